The van der Waals surface area contributed by atoms with Gasteiger partial charge in [-0.05, 0) is 25.0 Å². The van der Waals surface area contributed by atoms with Crippen LogP contribution in [-0.4, -0.2) is 36.4 Å². The molecule has 2 rings (SSSR count). The van der Waals surface area contributed by atoms with Crippen LogP contribution in [0.5, 0.6) is 0 Å². The van der Waals surface area contributed by atoms with Crippen LogP contribution < -0.4 is 5.73 Å². The summed E-state index contributed by atoms with van der Waals surface area (Å²) in [6.45, 7) is -0.252. The molecule has 1 aliphatic carbocycles. The summed E-state index contributed by atoms with van der Waals surface area (Å²) in [7, 11) is -4.03. The summed E-state index contributed by atoms with van der Waals surface area (Å²) in [6.07, 6.45) is 3.19. The number of hydrogen-bond donors (Lipinski definition) is 2. The van der Waals surface area contributed by atoms with E-state index >= 15 is 0 Å². The van der Waals surface area contributed by atoms with Crippen LogP contribution in [0.15, 0.2) is 34.3 Å². The largest absolute Gasteiger partial charge is 0.409 e. The summed E-state index contributed by atoms with van der Waals surface area (Å²) in [5.41, 5.74) is 5.45. The first-order valence-electron chi connectivity index (χ1n) is 6.69. The van der Waals surface area contributed by atoms with E-state index < -0.39 is 15.8 Å². The number of rotatable bonds is 5. The van der Waals surface area contributed by atoms with Crippen LogP contribution in [0.25, 0.3) is 0 Å². The summed E-state index contributed by atoms with van der Waals surface area (Å²) >= 11 is 0. The number of oxime groups is 1. The lowest BCUT2D eigenvalue weighted by Gasteiger charge is -2.27. The molecule has 6 nitrogen and oxygen atoms in total. The molecule has 0 spiro atoms. The first-order chi connectivity index (χ1) is 9.96. The van der Waals surface area contributed by atoms with E-state index in [1.54, 1.807) is 0 Å². The topological polar surface area (TPSA) is 96.0 Å². The van der Waals surface area contributed by atoms with Gasteiger partial charge in [-0.2, -0.15) is 4.31 Å². The Labute approximate surface area is 123 Å². The van der Waals surface area contributed by atoms with Gasteiger partial charge < -0.3 is 10.9 Å². The Hall–Kier alpha value is -1.67. The van der Waals surface area contributed by atoms with Gasteiger partial charge in [0.05, 0.1) is 6.54 Å². The minimum absolute atomic E-state index is 0.221. The average Bonchev–Trinajstić information content (AvgIpc) is 2.98. The molecule has 0 unspecified atom stereocenters. The van der Waals surface area contributed by atoms with Gasteiger partial charge in [0.2, 0.25) is 10.0 Å². The molecule has 0 bridgehead atoms. The summed E-state index contributed by atoms with van der Waals surface area (Å²) < 4.78 is 40.3. The maximum absolute atomic E-state index is 13.8. The van der Waals surface area contributed by atoms with E-state index in [1.165, 1.54) is 18.2 Å². The molecule has 0 atom stereocenters. The van der Waals surface area contributed by atoms with Crippen molar-refractivity contribution < 1.29 is 18.0 Å². The molecule has 0 heterocycles. The number of nitrogens with zero attached hydrogens (tertiary/aromatic N) is 2. The van der Waals surface area contributed by atoms with E-state index in [-0.39, 0.29) is 23.3 Å². The third-order valence-electron chi connectivity index (χ3n) is 3.60. The van der Waals surface area contributed by atoms with E-state index in [9.17, 15) is 12.8 Å². The summed E-state index contributed by atoms with van der Waals surface area (Å²) in [5, 5.41) is 11.5. The second kappa shape index (κ2) is 6.40. The number of benzene rings is 1. The second-order valence-corrected chi connectivity index (χ2v) is 6.87. The standard InChI is InChI=1S/C13H18FN3O3S/c14-11-7-3-4-8-12(11)21(19,20)17(9-13(15)16-18)10-5-1-2-6-10/h3-4,7-8,10,18H,1-2,5-6,9H2,(H2,15,16). The number of hydrogen-bond acceptors (Lipinski definition) is 4. The van der Waals surface area contributed by atoms with Crippen LogP contribution in [-0.2, 0) is 10.0 Å². The molecule has 1 saturated carbocycles. The molecule has 0 aliphatic heterocycles. The lowest BCUT2D eigenvalue weighted by Crippen LogP contribution is -2.44. The van der Waals surface area contributed by atoms with Crippen LogP contribution in [0.4, 0.5) is 4.39 Å². The van der Waals surface area contributed by atoms with Crippen molar-refractivity contribution in [1.29, 1.82) is 0 Å². The SMILES string of the molecule is NC(CN(C1CCCC1)S(=O)(=O)c1ccccc1F)=NO. The lowest BCUT2D eigenvalue weighted by molar-refractivity contribution is 0.308. The van der Waals surface area contributed by atoms with Crippen molar-refractivity contribution in [2.24, 2.45) is 10.9 Å². The smallest absolute Gasteiger partial charge is 0.246 e. The molecular weight excluding hydrogens is 297 g/mol. The normalized spacial score (nSPS) is 17.5. The van der Waals surface area contributed by atoms with Crippen LogP contribution in [0, 0.1) is 5.82 Å². The Kier molecular flexibility index (Phi) is 4.79. The van der Waals surface area contributed by atoms with E-state index in [4.69, 9.17) is 10.9 Å². The van der Waals surface area contributed by atoms with Gasteiger partial charge in [-0.15, -0.1) is 0 Å². The molecular formula is C13H18FN3O3S. The molecule has 0 amide bonds. The van der Waals surface area contributed by atoms with Crippen LogP contribution >= 0.6 is 0 Å². The van der Waals surface area contributed by atoms with Crippen molar-refractivity contribution in [3.8, 4) is 0 Å². The quantitative estimate of drug-likeness (QED) is 0.372. The fourth-order valence-electron chi connectivity index (χ4n) is 2.57. The van der Waals surface area contributed by atoms with Crippen LogP contribution in [0.1, 0.15) is 25.7 Å². The zero-order valence-electron chi connectivity index (χ0n) is 11.4. The molecule has 0 saturated heterocycles. The highest BCUT2D eigenvalue weighted by Crippen LogP contribution is 2.29. The second-order valence-electron chi connectivity index (χ2n) is 5.01. The maximum atomic E-state index is 13.8. The Bertz CT molecular complexity index is 627. The predicted molar refractivity (Wildman–Crippen MR) is 76.0 cm³/mol. The molecule has 1 fully saturated rings. The Balaban J connectivity index is 2.41. The van der Waals surface area contributed by atoms with Gasteiger partial charge in [0.25, 0.3) is 0 Å². The zero-order valence-corrected chi connectivity index (χ0v) is 12.3. The average molecular weight is 315 g/mol. The van der Waals surface area contributed by atoms with Gasteiger partial charge >= 0.3 is 0 Å². The molecule has 1 aliphatic rings. The highest BCUT2D eigenvalue weighted by molar-refractivity contribution is 7.89. The molecule has 8 heteroatoms. The van der Waals surface area contributed by atoms with Gasteiger partial charge in [-0.1, -0.05) is 30.1 Å². The Morgan fingerprint density at radius 2 is 2.00 bits per heavy atom. The highest BCUT2D eigenvalue weighted by Gasteiger charge is 2.35. The van der Waals surface area contributed by atoms with Gasteiger partial charge in [0.15, 0.2) is 5.84 Å². The van der Waals surface area contributed by atoms with Crippen molar-refractivity contribution in [1.82, 2.24) is 4.31 Å². The minimum atomic E-state index is -4.03. The number of amidine groups is 1. The van der Waals surface area contributed by atoms with Gasteiger partial charge in [-0.3, -0.25) is 0 Å². The number of sulfonamides is 1. The van der Waals surface area contributed by atoms with Crippen molar-refractivity contribution in [3.05, 3.63) is 30.1 Å². The van der Waals surface area contributed by atoms with Crippen molar-refractivity contribution >= 4 is 15.9 Å². The van der Waals surface area contributed by atoms with Gasteiger partial charge in [0, 0.05) is 6.04 Å². The predicted octanol–water partition coefficient (Wildman–Crippen LogP) is 1.51. The number of halogens is 1. The van der Waals surface area contributed by atoms with E-state index in [0.29, 0.717) is 12.8 Å². The van der Waals surface area contributed by atoms with Crippen molar-refractivity contribution in [3.63, 3.8) is 0 Å². The summed E-state index contributed by atoms with van der Waals surface area (Å²) in [4.78, 5) is -0.386. The third kappa shape index (κ3) is 3.33. The Morgan fingerprint density at radius 1 is 1.38 bits per heavy atom. The van der Waals surface area contributed by atoms with Crippen LogP contribution in [0.3, 0.4) is 0 Å². The molecule has 21 heavy (non-hydrogen) atoms. The van der Waals surface area contributed by atoms with E-state index in [2.05, 4.69) is 5.16 Å². The number of nitrogens with two attached hydrogens (primary N) is 1. The van der Waals surface area contributed by atoms with Crippen molar-refractivity contribution in [2.75, 3.05) is 6.54 Å². The van der Waals surface area contributed by atoms with Crippen LogP contribution in [0.2, 0.25) is 0 Å². The molecule has 0 aromatic heterocycles. The minimum Gasteiger partial charge on any atom is -0.409 e. The van der Waals surface area contributed by atoms with Crippen molar-refractivity contribution in [2.45, 2.75) is 36.6 Å². The van der Waals surface area contributed by atoms with E-state index in [1.807, 2.05) is 0 Å². The zero-order chi connectivity index (χ0) is 15.5. The third-order valence-corrected chi connectivity index (χ3v) is 5.53. The summed E-state index contributed by atoms with van der Waals surface area (Å²) in [6, 6.07) is 4.96. The van der Waals surface area contributed by atoms with E-state index in [0.717, 1.165) is 23.2 Å². The van der Waals surface area contributed by atoms with Gasteiger partial charge in [0.1, 0.15) is 10.7 Å². The molecule has 0 radical (unpaired) electrons. The molecule has 1 aromatic rings. The molecule has 116 valence electrons. The highest BCUT2D eigenvalue weighted by atomic mass is 32.2. The van der Waals surface area contributed by atoms with Gasteiger partial charge in [-0.25, -0.2) is 12.8 Å². The monoisotopic (exact) mass is 315 g/mol. The lowest BCUT2D eigenvalue weighted by atomic mass is 10.2. The first kappa shape index (κ1) is 15.7. The summed E-state index contributed by atoms with van der Waals surface area (Å²) in [5.74, 6) is -1.03. The fourth-order valence-corrected chi connectivity index (χ4v) is 4.30. The molecule has 3 N–H and O–H groups in total. The fraction of sp³-hybridized carbons (Fsp3) is 0.462. The Morgan fingerprint density at radius 3 is 2.57 bits per heavy atom. The first-order valence-corrected chi connectivity index (χ1v) is 8.13. The molecule has 1 aromatic carbocycles. The maximum Gasteiger partial charge on any atom is 0.246 e.